The number of rotatable bonds is 8. The van der Waals surface area contributed by atoms with E-state index in [2.05, 4.69) is 76.9 Å². The van der Waals surface area contributed by atoms with Gasteiger partial charge in [0.25, 0.3) is 0 Å². The fourth-order valence-electron chi connectivity index (χ4n) is 4.78. The molecule has 33 heavy (non-hydrogen) atoms. The van der Waals surface area contributed by atoms with Crippen molar-refractivity contribution >= 4 is 17.3 Å². The smallest absolute Gasteiger partial charge is 0.170 e. The lowest BCUT2D eigenvalue weighted by Crippen LogP contribution is -2.32. The Bertz CT molecular complexity index is 1110. The molecule has 0 unspecified atom stereocenters. The molecule has 1 aliphatic rings. The summed E-state index contributed by atoms with van der Waals surface area (Å²) in [4.78, 5) is 9.23. The topological polar surface area (TPSA) is 45.6 Å². The monoisotopic (exact) mass is 463 g/mol. The van der Waals surface area contributed by atoms with Crippen molar-refractivity contribution in [1.29, 1.82) is 0 Å². The Morgan fingerprint density at radius 3 is 2.64 bits per heavy atom. The first-order valence-corrected chi connectivity index (χ1v) is 11.8. The number of hydrogen-bond acceptors (Lipinski definition) is 4. The van der Waals surface area contributed by atoms with Gasteiger partial charge in [0.2, 0.25) is 0 Å². The van der Waals surface area contributed by atoms with Gasteiger partial charge in [-0.3, -0.25) is 4.98 Å². The molecule has 0 aliphatic carbocycles. The highest BCUT2D eigenvalue weighted by Crippen LogP contribution is 2.41. The Morgan fingerprint density at radius 2 is 1.94 bits per heavy atom. The van der Waals surface area contributed by atoms with Gasteiger partial charge in [0.1, 0.15) is 5.75 Å². The van der Waals surface area contributed by atoms with Crippen LogP contribution in [0.5, 0.6) is 5.75 Å². The second kappa shape index (κ2) is 9.93. The summed E-state index contributed by atoms with van der Waals surface area (Å²) in [6, 6.07) is 16.6. The number of pyridine rings is 1. The van der Waals surface area contributed by atoms with Gasteiger partial charge in [-0.2, -0.15) is 0 Å². The summed E-state index contributed by atoms with van der Waals surface area (Å²) < 4.78 is 7.77. The molecule has 2 atom stereocenters. The van der Waals surface area contributed by atoms with Crippen molar-refractivity contribution in [1.82, 2.24) is 24.7 Å². The number of aromatic nitrogens is 2. The summed E-state index contributed by atoms with van der Waals surface area (Å²) in [6.45, 7) is 6.25. The maximum atomic E-state index is 5.83. The van der Waals surface area contributed by atoms with Gasteiger partial charge in [-0.1, -0.05) is 12.1 Å². The van der Waals surface area contributed by atoms with Crippen LogP contribution in [-0.2, 0) is 0 Å². The Hall–Kier alpha value is -2.90. The van der Waals surface area contributed by atoms with Crippen molar-refractivity contribution in [2.24, 2.45) is 0 Å². The maximum Gasteiger partial charge on any atom is 0.170 e. The highest BCUT2D eigenvalue weighted by molar-refractivity contribution is 7.80. The Labute approximate surface area is 202 Å². The summed E-state index contributed by atoms with van der Waals surface area (Å²) in [5.74, 6) is 0.849. The lowest BCUT2D eigenvalue weighted by molar-refractivity contribution is 0.292. The SMILES string of the molecule is COc1cccc(-n2c(C)cc([C@H]3[C@@H](c4ccccn4)NC(=S)N3CCCN(C)C)c2C)c1. The predicted octanol–water partition coefficient (Wildman–Crippen LogP) is 4.42. The van der Waals surface area contributed by atoms with E-state index < -0.39 is 0 Å². The minimum absolute atomic E-state index is 0.00249. The van der Waals surface area contributed by atoms with Crippen LogP contribution in [0, 0.1) is 13.8 Å². The minimum atomic E-state index is -0.00249. The van der Waals surface area contributed by atoms with E-state index in [1.165, 1.54) is 17.0 Å². The van der Waals surface area contributed by atoms with E-state index in [0.29, 0.717) is 0 Å². The highest BCUT2D eigenvalue weighted by Gasteiger charge is 2.41. The normalized spacial score (nSPS) is 18.1. The second-order valence-electron chi connectivity index (χ2n) is 8.84. The molecule has 0 saturated carbocycles. The molecule has 1 N–H and O–H groups in total. The van der Waals surface area contributed by atoms with Crippen LogP contribution in [0.15, 0.2) is 54.7 Å². The van der Waals surface area contributed by atoms with E-state index in [4.69, 9.17) is 17.0 Å². The lowest BCUT2D eigenvalue weighted by atomic mass is 9.96. The molecule has 4 rings (SSSR count). The summed E-state index contributed by atoms with van der Waals surface area (Å²) >= 11 is 5.83. The van der Waals surface area contributed by atoms with E-state index in [-0.39, 0.29) is 12.1 Å². The van der Waals surface area contributed by atoms with Crippen LogP contribution >= 0.6 is 12.2 Å². The number of nitrogens with zero attached hydrogens (tertiary/aromatic N) is 4. The van der Waals surface area contributed by atoms with E-state index in [9.17, 15) is 0 Å². The van der Waals surface area contributed by atoms with Crippen molar-refractivity contribution in [2.45, 2.75) is 32.4 Å². The van der Waals surface area contributed by atoms with Crippen LogP contribution in [0.1, 0.15) is 41.1 Å². The van der Waals surface area contributed by atoms with Gasteiger partial charge in [-0.15, -0.1) is 0 Å². The van der Waals surface area contributed by atoms with Gasteiger partial charge in [0, 0.05) is 35.9 Å². The Balaban J connectivity index is 1.77. The zero-order valence-electron chi connectivity index (χ0n) is 20.1. The number of benzene rings is 1. The van der Waals surface area contributed by atoms with E-state index >= 15 is 0 Å². The van der Waals surface area contributed by atoms with Gasteiger partial charge in [0.15, 0.2) is 5.11 Å². The summed E-state index contributed by atoms with van der Waals surface area (Å²) in [6.07, 6.45) is 2.89. The fourth-order valence-corrected chi connectivity index (χ4v) is 5.11. The van der Waals surface area contributed by atoms with Gasteiger partial charge < -0.3 is 24.4 Å². The fraction of sp³-hybridized carbons (Fsp3) is 0.385. The van der Waals surface area contributed by atoms with Crippen molar-refractivity contribution < 1.29 is 4.74 Å². The molecule has 3 heterocycles. The number of nitrogens with one attached hydrogen (secondary N) is 1. The molecule has 1 aromatic carbocycles. The van der Waals surface area contributed by atoms with Crippen molar-refractivity contribution in [3.63, 3.8) is 0 Å². The first kappa shape index (κ1) is 23.3. The Morgan fingerprint density at radius 1 is 1.12 bits per heavy atom. The number of aryl methyl sites for hydroxylation is 1. The summed E-state index contributed by atoms with van der Waals surface area (Å²) in [5.41, 5.74) is 5.75. The largest absolute Gasteiger partial charge is 0.497 e. The first-order chi connectivity index (χ1) is 15.9. The van der Waals surface area contributed by atoms with Gasteiger partial charge in [-0.25, -0.2) is 0 Å². The Kier molecular flexibility index (Phi) is 7.00. The minimum Gasteiger partial charge on any atom is -0.497 e. The molecule has 0 radical (unpaired) electrons. The zero-order valence-corrected chi connectivity index (χ0v) is 20.9. The van der Waals surface area contributed by atoms with Crippen LogP contribution in [-0.4, -0.2) is 58.8 Å². The lowest BCUT2D eigenvalue weighted by Gasteiger charge is -2.28. The first-order valence-electron chi connectivity index (χ1n) is 11.4. The number of ether oxygens (including phenoxy) is 1. The van der Waals surface area contributed by atoms with E-state index in [1.54, 1.807) is 7.11 Å². The third-order valence-corrected chi connectivity index (χ3v) is 6.65. The molecular weight excluding hydrogens is 430 g/mol. The third-order valence-electron chi connectivity index (χ3n) is 6.30. The standard InChI is InChI=1S/C26H33N5OS/c1-18-16-22(19(2)31(18)20-10-8-11-21(17-20)32-5)25-24(23-12-6-7-13-27-23)28-26(33)30(25)15-9-14-29(3)4/h6-8,10-13,16-17,24-25H,9,14-15H2,1-5H3,(H,28,33)/t24-,25+/m1/s1. The van der Waals surface area contributed by atoms with Gasteiger partial charge in [-0.05, 0) is 89.0 Å². The van der Waals surface area contributed by atoms with Gasteiger partial charge in [0.05, 0.1) is 24.9 Å². The highest BCUT2D eigenvalue weighted by atomic mass is 32.1. The molecule has 7 heteroatoms. The summed E-state index contributed by atoms with van der Waals surface area (Å²) in [7, 11) is 5.92. The van der Waals surface area contributed by atoms with Crippen LogP contribution in [0.4, 0.5) is 0 Å². The van der Waals surface area contributed by atoms with Crippen molar-refractivity contribution in [3.05, 3.63) is 77.4 Å². The molecule has 174 valence electrons. The number of hydrogen-bond donors (Lipinski definition) is 1. The van der Waals surface area contributed by atoms with Gasteiger partial charge >= 0.3 is 0 Å². The molecule has 0 amide bonds. The molecule has 2 aromatic heterocycles. The molecular formula is C26H33N5OS. The van der Waals surface area contributed by atoms with Crippen LogP contribution in [0.3, 0.4) is 0 Å². The van der Waals surface area contributed by atoms with E-state index in [0.717, 1.165) is 41.8 Å². The molecule has 6 nitrogen and oxygen atoms in total. The average molecular weight is 464 g/mol. The van der Waals surface area contributed by atoms with Crippen molar-refractivity contribution in [3.8, 4) is 11.4 Å². The predicted molar refractivity (Wildman–Crippen MR) is 137 cm³/mol. The second-order valence-corrected chi connectivity index (χ2v) is 9.23. The number of methoxy groups -OCH3 is 1. The molecule has 1 saturated heterocycles. The molecule has 0 spiro atoms. The quantitative estimate of drug-likeness (QED) is 0.499. The van der Waals surface area contributed by atoms with Crippen LogP contribution < -0.4 is 10.1 Å². The number of thiocarbonyl (C=S) groups is 1. The molecule has 1 aliphatic heterocycles. The van der Waals surface area contributed by atoms with Crippen LogP contribution in [0.25, 0.3) is 5.69 Å². The summed E-state index contributed by atoms with van der Waals surface area (Å²) in [5, 5.41) is 4.37. The van der Waals surface area contributed by atoms with Crippen molar-refractivity contribution in [2.75, 3.05) is 34.3 Å². The van der Waals surface area contributed by atoms with Crippen LogP contribution in [0.2, 0.25) is 0 Å². The maximum absolute atomic E-state index is 5.83. The third kappa shape index (κ3) is 4.75. The zero-order chi connectivity index (χ0) is 23.5. The average Bonchev–Trinajstić information content (AvgIpc) is 3.29. The van der Waals surface area contributed by atoms with E-state index in [1.807, 2.05) is 30.5 Å². The molecule has 1 fully saturated rings. The molecule has 0 bridgehead atoms. The molecule has 3 aromatic rings.